The molecular formula is C14H21N3O2. The molecule has 0 saturated carbocycles. The molecule has 1 unspecified atom stereocenters. The van der Waals surface area contributed by atoms with Gasteiger partial charge in [-0.05, 0) is 32.9 Å². The number of aryl methyl sites for hydroxylation is 2. The van der Waals surface area contributed by atoms with Gasteiger partial charge >= 0.3 is 0 Å². The number of nitrogens with one attached hydrogen (secondary N) is 1. The van der Waals surface area contributed by atoms with Crippen molar-refractivity contribution in [3.8, 4) is 0 Å². The fourth-order valence-electron chi connectivity index (χ4n) is 1.97. The third kappa shape index (κ3) is 3.05. The minimum absolute atomic E-state index is 0.425. The van der Waals surface area contributed by atoms with Gasteiger partial charge in [-0.3, -0.25) is 4.68 Å². The lowest BCUT2D eigenvalue weighted by Gasteiger charge is -2.21. The molecule has 0 amide bonds. The summed E-state index contributed by atoms with van der Waals surface area (Å²) in [4.78, 5) is 0. The lowest BCUT2D eigenvalue weighted by Crippen LogP contribution is -2.34. The number of hydrogen-bond acceptors (Lipinski definition) is 4. The van der Waals surface area contributed by atoms with Crippen LogP contribution < -0.4 is 5.32 Å². The van der Waals surface area contributed by atoms with Gasteiger partial charge in [0.1, 0.15) is 17.1 Å². The molecule has 0 radical (unpaired) electrons. The molecule has 2 rings (SSSR count). The van der Waals surface area contributed by atoms with E-state index in [4.69, 9.17) is 4.42 Å². The first-order valence-electron chi connectivity index (χ1n) is 6.37. The average Bonchev–Trinajstić information content (AvgIpc) is 2.90. The van der Waals surface area contributed by atoms with Crippen LogP contribution in [0.4, 0.5) is 0 Å². The van der Waals surface area contributed by atoms with Crippen LogP contribution in [-0.2, 0) is 19.2 Å². The van der Waals surface area contributed by atoms with Crippen molar-refractivity contribution in [1.82, 2.24) is 15.1 Å². The molecule has 0 aliphatic heterocycles. The second-order valence-corrected chi connectivity index (χ2v) is 5.17. The molecule has 2 heterocycles. The molecule has 2 N–H and O–H groups in total. The third-order valence-corrected chi connectivity index (χ3v) is 3.39. The van der Waals surface area contributed by atoms with Crippen molar-refractivity contribution >= 4 is 0 Å². The Morgan fingerprint density at radius 2 is 2.16 bits per heavy atom. The monoisotopic (exact) mass is 263 g/mol. The summed E-state index contributed by atoms with van der Waals surface area (Å²) in [5.74, 6) is 1.39. The Balaban J connectivity index is 1.93. The highest BCUT2D eigenvalue weighted by Gasteiger charge is 2.26. The van der Waals surface area contributed by atoms with Crippen LogP contribution in [0.25, 0.3) is 0 Å². The summed E-state index contributed by atoms with van der Waals surface area (Å²) in [6.07, 6.45) is 1.84. The Hall–Kier alpha value is -1.59. The van der Waals surface area contributed by atoms with Crippen LogP contribution in [-0.4, -0.2) is 21.4 Å². The molecule has 0 aliphatic rings. The van der Waals surface area contributed by atoms with Crippen LogP contribution in [0.15, 0.2) is 22.7 Å². The van der Waals surface area contributed by atoms with Gasteiger partial charge in [-0.1, -0.05) is 0 Å². The zero-order valence-electron chi connectivity index (χ0n) is 11.9. The first-order chi connectivity index (χ1) is 8.90. The minimum atomic E-state index is -1.01. The second-order valence-electron chi connectivity index (χ2n) is 5.17. The Bertz CT molecular complexity index is 555. The topological polar surface area (TPSA) is 63.2 Å². The zero-order chi connectivity index (χ0) is 14.0. The van der Waals surface area contributed by atoms with Gasteiger partial charge in [0.15, 0.2) is 0 Å². The van der Waals surface area contributed by atoms with Crippen LogP contribution in [0.3, 0.4) is 0 Å². The molecule has 0 saturated heterocycles. The second kappa shape index (κ2) is 5.19. The summed E-state index contributed by atoms with van der Waals surface area (Å²) in [5.41, 5.74) is 1.25. The van der Waals surface area contributed by atoms with Crippen LogP contribution in [0.1, 0.15) is 29.7 Å². The summed E-state index contributed by atoms with van der Waals surface area (Å²) < 4.78 is 7.31. The fraction of sp³-hybridized carbons (Fsp3) is 0.500. The van der Waals surface area contributed by atoms with Gasteiger partial charge in [-0.15, -0.1) is 0 Å². The number of furan rings is 1. The highest BCUT2D eigenvalue weighted by Crippen LogP contribution is 2.22. The summed E-state index contributed by atoms with van der Waals surface area (Å²) in [7, 11) is 1.92. The fourth-order valence-corrected chi connectivity index (χ4v) is 1.97. The van der Waals surface area contributed by atoms with E-state index >= 15 is 0 Å². The summed E-state index contributed by atoms with van der Waals surface area (Å²) in [5, 5.41) is 17.8. The van der Waals surface area contributed by atoms with E-state index in [0.717, 1.165) is 17.0 Å². The van der Waals surface area contributed by atoms with Crippen molar-refractivity contribution in [3.05, 3.63) is 41.1 Å². The van der Waals surface area contributed by atoms with Gasteiger partial charge in [-0.2, -0.15) is 5.10 Å². The van der Waals surface area contributed by atoms with Crippen molar-refractivity contribution in [2.45, 2.75) is 32.9 Å². The van der Waals surface area contributed by atoms with Gasteiger partial charge in [0.25, 0.3) is 0 Å². The number of aliphatic hydroxyl groups is 1. The molecule has 0 aliphatic carbocycles. The molecule has 0 spiro atoms. The van der Waals surface area contributed by atoms with E-state index in [1.807, 2.05) is 43.9 Å². The predicted octanol–water partition coefficient (Wildman–Crippen LogP) is 1.63. The molecule has 0 aromatic carbocycles. The van der Waals surface area contributed by atoms with E-state index in [1.54, 1.807) is 6.92 Å². The van der Waals surface area contributed by atoms with Crippen LogP contribution in [0.5, 0.6) is 0 Å². The SMILES string of the molecule is Cc1ccc(C(C)(O)CNCc2cnn(C)c2C)o1. The predicted molar refractivity (Wildman–Crippen MR) is 72.7 cm³/mol. The van der Waals surface area contributed by atoms with E-state index in [1.165, 1.54) is 0 Å². The van der Waals surface area contributed by atoms with Gasteiger partial charge in [0.05, 0.1) is 6.20 Å². The highest BCUT2D eigenvalue weighted by molar-refractivity contribution is 5.16. The molecule has 0 fully saturated rings. The van der Waals surface area contributed by atoms with Crippen LogP contribution in [0, 0.1) is 13.8 Å². The highest BCUT2D eigenvalue weighted by atomic mass is 16.4. The first kappa shape index (κ1) is 13.8. The van der Waals surface area contributed by atoms with Crippen molar-refractivity contribution < 1.29 is 9.52 Å². The standard InChI is InChI=1S/C14H21N3O2/c1-10-5-6-13(19-10)14(3,18)9-15-7-12-8-16-17(4)11(12)2/h5-6,8,15,18H,7,9H2,1-4H3. The minimum Gasteiger partial charge on any atom is -0.463 e. The van der Waals surface area contributed by atoms with Crippen molar-refractivity contribution in [2.75, 3.05) is 6.54 Å². The van der Waals surface area contributed by atoms with Crippen LogP contribution >= 0.6 is 0 Å². The maximum absolute atomic E-state index is 10.4. The maximum Gasteiger partial charge on any atom is 0.136 e. The molecule has 0 bridgehead atoms. The van der Waals surface area contributed by atoms with Gasteiger partial charge < -0.3 is 14.8 Å². The van der Waals surface area contributed by atoms with Crippen LogP contribution in [0.2, 0.25) is 0 Å². The summed E-state index contributed by atoms with van der Waals surface area (Å²) in [6.45, 7) is 6.74. The zero-order valence-corrected chi connectivity index (χ0v) is 11.9. The lowest BCUT2D eigenvalue weighted by atomic mass is 10.0. The maximum atomic E-state index is 10.4. The Kier molecular flexibility index (Phi) is 3.78. The van der Waals surface area contributed by atoms with Crippen molar-refractivity contribution in [3.63, 3.8) is 0 Å². The van der Waals surface area contributed by atoms with Crippen molar-refractivity contribution in [1.29, 1.82) is 0 Å². The number of hydrogen-bond donors (Lipinski definition) is 2. The van der Waals surface area contributed by atoms with Crippen molar-refractivity contribution in [2.24, 2.45) is 7.05 Å². The molecule has 19 heavy (non-hydrogen) atoms. The Morgan fingerprint density at radius 1 is 1.42 bits per heavy atom. The quantitative estimate of drug-likeness (QED) is 0.860. The first-order valence-corrected chi connectivity index (χ1v) is 6.37. The molecule has 5 heteroatoms. The van der Waals surface area contributed by atoms with E-state index in [0.29, 0.717) is 18.8 Å². The van der Waals surface area contributed by atoms with Gasteiger partial charge in [-0.25, -0.2) is 0 Å². The number of aromatic nitrogens is 2. The molecule has 1 atom stereocenters. The third-order valence-electron chi connectivity index (χ3n) is 3.39. The normalized spacial score (nSPS) is 14.6. The lowest BCUT2D eigenvalue weighted by molar-refractivity contribution is 0.0332. The smallest absolute Gasteiger partial charge is 0.136 e. The van der Waals surface area contributed by atoms with Gasteiger partial charge in [0.2, 0.25) is 0 Å². The Morgan fingerprint density at radius 3 is 2.68 bits per heavy atom. The molecule has 5 nitrogen and oxygen atoms in total. The van der Waals surface area contributed by atoms with E-state index in [9.17, 15) is 5.11 Å². The Labute approximate surface area is 113 Å². The molecule has 104 valence electrons. The molecule has 2 aromatic heterocycles. The average molecular weight is 263 g/mol. The number of nitrogens with zero attached hydrogens (tertiary/aromatic N) is 2. The number of rotatable bonds is 5. The molecular weight excluding hydrogens is 242 g/mol. The molecule has 2 aromatic rings. The van der Waals surface area contributed by atoms with E-state index < -0.39 is 5.60 Å². The van der Waals surface area contributed by atoms with E-state index in [-0.39, 0.29) is 0 Å². The van der Waals surface area contributed by atoms with Gasteiger partial charge in [0, 0.05) is 31.4 Å². The largest absolute Gasteiger partial charge is 0.463 e. The summed E-state index contributed by atoms with van der Waals surface area (Å²) in [6, 6.07) is 3.67. The van der Waals surface area contributed by atoms with E-state index in [2.05, 4.69) is 10.4 Å². The summed E-state index contributed by atoms with van der Waals surface area (Å²) >= 11 is 0.